The molecule has 0 aliphatic carbocycles. The predicted molar refractivity (Wildman–Crippen MR) is 67.5 cm³/mol. The topological polar surface area (TPSA) is 35.2 Å². The third kappa shape index (κ3) is 5.27. The Hall–Kier alpha value is -0.750. The van der Waals surface area contributed by atoms with Crippen LogP contribution in [0.25, 0.3) is 0 Å². The van der Waals surface area contributed by atoms with Crippen molar-refractivity contribution in [1.82, 2.24) is 0 Å². The molecule has 0 aromatic heterocycles. The lowest BCUT2D eigenvalue weighted by molar-refractivity contribution is -0.136. The second-order valence-corrected chi connectivity index (χ2v) is 4.95. The van der Waals surface area contributed by atoms with Crippen LogP contribution in [0.4, 0.5) is 13.2 Å². The molecule has 18 heavy (non-hydrogen) atoms. The van der Waals surface area contributed by atoms with Gasteiger partial charge in [0.2, 0.25) is 0 Å². The summed E-state index contributed by atoms with van der Waals surface area (Å²) in [6.07, 6.45) is -5.03. The Morgan fingerprint density at radius 3 is 2.61 bits per heavy atom. The fourth-order valence-corrected chi connectivity index (χ4v) is 1.84. The Balaban J connectivity index is 2.57. The SMILES string of the molecule is CC(N)c1cc(Br)ccc1OCCCC(F)(F)F. The molecule has 1 atom stereocenters. The lowest BCUT2D eigenvalue weighted by Crippen LogP contribution is -2.11. The van der Waals surface area contributed by atoms with E-state index in [-0.39, 0.29) is 19.1 Å². The van der Waals surface area contributed by atoms with Crippen molar-refractivity contribution in [2.24, 2.45) is 5.73 Å². The molecule has 0 saturated carbocycles. The molecule has 102 valence electrons. The van der Waals surface area contributed by atoms with E-state index in [1.54, 1.807) is 19.1 Å². The average molecular weight is 326 g/mol. The molecule has 6 heteroatoms. The van der Waals surface area contributed by atoms with Crippen LogP contribution in [0, 0.1) is 0 Å². The highest BCUT2D eigenvalue weighted by Crippen LogP contribution is 2.28. The van der Waals surface area contributed by atoms with E-state index < -0.39 is 12.6 Å². The van der Waals surface area contributed by atoms with Gasteiger partial charge in [0.05, 0.1) is 6.61 Å². The van der Waals surface area contributed by atoms with Crippen molar-refractivity contribution in [3.63, 3.8) is 0 Å². The zero-order valence-electron chi connectivity index (χ0n) is 9.93. The van der Waals surface area contributed by atoms with Crippen molar-refractivity contribution in [2.75, 3.05) is 6.61 Å². The first kappa shape index (κ1) is 15.3. The quantitative estimate of drug-likeness (QED) is 0.824. The Morgan fingerprint density at radius 2 is 2.06 bits per heavy atom. The van der Waals surface area contributed by atoms with E-state index >= 15 is 0 Å². The number of ether oxygens (including phenoxy) is 1. The fraction of sp³-hybridized carbons (Fsp3) is 0.500. The van der Waals surface area contributed by atoms with Crippen molar-refractivity contribution in [3.05, 3.63) is 28.2 Å². The summed E-state index contributed by atoms with van der Waals surface area (Å²) in [6.45, 7) is 1.82. The number of halogens is 4. The van der Waals surface area contributed by atoms with Gasteiger partial charge in [0.25, 0.3) is 0 Å². The van der Waals surface area contributed by atoms with Crippen LogP contribution >= 0.6 is 15.9 Å². The van der Waals surface area contributed by atoms with Crippen molar-refractivity contribution >= 4 is 15.9 Å². The number of nitrogens with two attached hydrogens (primary N) is 1. The van der Waals surface area contributed by atoms with Gasteiger partial charge in [0.15, 0.2) is 0 Å². The molecule has 0 aliphatic heterocycles. The van der Waals surface area contributed by atoms with Gasteiger partial charge in [-0.2, -0.15) is 13.2 Å². The zero-order valence-corrected chi connectivity index (χ0v) is 11.5. The summed E-state index contributed by atoms with van der Waals surface area (Å²) in [7, 11) is 0. The van der Waals surface area contributed by atoms with Gasteiger partial charge in [-0.3, -0.25) is 0 Å². The predicted octanol–water partition coefficient (Wildman–Crippen LogP) is 4.19. The Kier molecular flexibility index (Phi) is 5.47. The number of hydrogen-bond donors (Lipinski definition) is 1. The van der Waals surface area contributed by atoms with Gasteiger partial charge < -0.3 is 10.5 Å². The summed E-state index contributed by atoms with van der Waals surface area (Å²) >= 11 is 3.31. The summed E-state index contributed by atoms with van der Waals surface area (Å²) in [5.41, 5.74) is 6.55. The van der Waals surface area contributed by atoms with Gasteiger partial charge in [-0.25, -0.2) is 0 Å². The molecule has 0 aliphatic rings. The molecule has 0 fully saturated rings. The second kappa shape index (κ2) is 6.43. The molecule has 0 saturated heterocycles. The monoisotopic (exact) mass is 325 g/mol. The molecule has 0 radical (unpaired) electrons. The lowest BCUT2D eigenvalue weighted by atomic mass is 10.1. The molecular formula is C12H15BrF3NO. The van der Waals surface area contributed by atoms with Crippen molar-refractivity contribution in [2.45, 2.75) is 32.0 Å². The maximum Gasteiger partial charge on any atom is 0.389 e. The third-order valence-electron chi connectivity index (χ3n) is 2.32. The highest BCUT2D eigenvalue weighted by atomic mass is 79.9. The van der Waals surface area contributed by atoms with Crippen LogP contribution in [-0.2, 0) is 0 Å². The first-order chi connectivity index (χ1) is 8.29. The standard InChI is InChI=1S/C12H15BrF3NO/c1-8(17)10-7-9(13)3-4-11(10)18-6-2-5-12(14,15)16/h3-4,7-8H,2,5-6,17H2,1H3. The molecule has 0 heterocycles. The largest absolute Gasteiger partial charge is 0.493 e. The zero-order chi connectivity index (χ0) is 13.8. The molecular weight excluding hydrogens is 311 g/mol. The molecule has 2 N–H and O–H groups in total. The fourth-order valence-electron chi connectivity index (χ4n) is 1.46. The number of benzene rings is 1. The summed E-state index contributed by atoms with van der Waals surface area (Å²) < 4.78 is 42.1. The lowest BCUT2D eigenvalue weighted by Gasteiger charge is -2.14. The maximum atomic E-state index is 12.0. The second-order valence-electron chi connectivity index (χ2n) is 4.04. The number of hydrogen-bond acceptors (Lipinski definition) is 2. The summed E-state index contributed by atoms with van der Waals surface area (Å²) in [5, 5.41) is 0. The van der Waals surface area contributed by atoms with Gasteiger partial charge in [0, 0.05) is 22.5 Å². The van der Waals surface area contributed by atoms with Gasteiger partial charge in [-0.15, -0.1) is 0 Å². The Morgan fingerprint density at radius 1 is 1.39 bits per heavy atom. The first-order valence-corrected chi connectivity index (χ1v) is 6.33. The van der Waals surface area contributed by atoms with Crippen LogP contribution in [0.3, 0.4) is 0 Å². The molecule has 0 spiro atoms. The van der Waals surface area contributed by atoms with E-state index in [1.165, 1.54) is 0 Å². The van der Waals surface area contributed by atoms with Crippen LogP contribution in [0.2, 0.25) is 0 Å². The van der Waals surface area contributed by atoms with Crippen LogP contribution < -0.4 is 10.5 Å². The van der Waals surface area contributed by atoms with E-state index in [0.29, 0.717) is 5.75 Å². The third-order valence-corrected chi connectivity index (χ3v) is 2.82. The number of rotatable bonds is 5. The average Bonchev–Trinajstić information content (AvgIpc) is 2.24. The molecule has 0 amide bonds. The van der Waals surface area contributed by atoms with Crippen molar-refractivity contribution in [1.29, 1.82) is 0 Å². The number of alkyl halides is 3. The van der Waals surface area contributed by atoms with Crippen molar-refractivity contribution < 1.29 is 17.9 Å². The van der Waals surface area contributed by atoms with Gasteiger partial charge >= 0.3 is 6.18 Å². The first-order valence-electron chi connectivity index (χ1n) is 5.54. The van der Waals surface area contributed by atoms with Gasteiger partial charge in [-0.05, 0) is 31.5 Å². The summed E-state index contributed by atoms with van der Waals surface area (Å²) in [5.74, 6) is 0.537. The van der Waals surface area contributed by atoms with E-state index in [0.717, 1.165) is 10.0 Å². The van der Waals surface area contributed by atoms with Crippen LogP contribution in [0.1, 0.15) is 31.4 Å². The molecule has 1 rings (SSSR count). The molecule has 1 aromatic rings. The Bertz CT molecular complexity index is 393. The van der Waals surface area contributed by atoms with Crippen LogP contribution in [-0.4, -0.2) is 12.8 Å². The van der Waals surface area contributed by atoms with Gasteiger partial charge in [-0.1, -0.05) is 15.9 Å². The minimum Gasteiger partial charge on any atom is -0.493 e. The highest BCUT2D eigenvalue weighted by molar-refractivity contribution is 9.10. The maximum absolute atomic E-state index is 12.0. The molecule has 1 unspecified atom stereocenters. The van der Waals surface area contributed by atoms with E-state index in [4.69, 9.17) is 10.5 Å². The Labute approximate surface area is 112 Å². The van der Waals surface area contributed by atoms with Crippen LogP contribution in [0.5, 0.6) is 5.75 Å². The summed E-state index contributed by atoms with van der Waals surface area (Å²) in [6, 6.07) is 5.05. The van der Waals surface area contributed by atoms with E-state index in [2.05, 4.69) is 15.9 Å². The molecule has 1 aromatic carbocycles. The highest BCUT2D eigenvalue weighted by Gasteiger charge is 2.26. The minimum absolute atomic E-state index is 0.0286. The van der Waals surface area contributed by atoms with E-state index in [9.17, 15) is 13.2 Å². The smallest absolute Gasteiger partial charge is 0.389 e. The van der Waals surface area contributed by atoms with Crippen LogP contribution in [0.15, 0.2) is 22.7 Å². The summed E-state index contributed by atoms with van der Waals surface area (Å²) in [4.78, 5) is 0. The molecule has 0 bridgehead atoms. The molecule has 2 nitrogen and oxygen atoms in total. The van der Waals surface area contributed by atoms with Gasteiger partial charge in [0.1, 0.15) is 5.75 Å². The van der Waals surface area contributed by atoms with Crippen molar-refractivity contribution in [3.8, 4) is 5.75 Å². The minimum atomic E-state index is -4.13. The van der Waals surface area contributed by atoms with E-state index in [1.807, 2.05) is 6.07 Å². The normalized spacial score (nSPS) is 13.4.